The summed E-state index contributed by atoms with van der Waals surface area (Å²) in [5, 5.41) is 36.5. The first-order chi connectivity index (χ1) is 18.8. The molecule has 2 aromatic carbocycles. The van der Waals surface area contributed by atoms with Crippen LogP contribution in [0.25, 0.3) is 10.9 Å². The molecule has 8 nitrogen and oxygen atoms in total. The molecule has 196 valence electrons. The van der Waals surface area contributed by atoms with Crippen molar-refractivity contribution in [3.8, 4) is 6.07 Å². The molecule has 4 aromatic rings. The van der Waals surface area contributed by atoms with E-state index in [-0.39, 0.29) is 18.0 Å². The van der Waals surface area contributed by atoms with Crippen molar-refractivity contribution in [2.45, 2.75) is 62.2 Å². The van der Waals surface area contributed by atoms with Crippen molar-refractivity contribution >= 4 is 41.7 Å². The number of hydrogen-bond acceptors (Lipinski definition) is 7. The van der Waals surface area contributed by atoms with E-state index in [9.17, 15) is 14.8 Å². The molecule has 11 heteroatoms. The molecular formula is C28H26BClFN7O. The summed E-state index contributed by atoms with van der Waals surface area (Å²) < 4.78 is 15.6. The molecule has 3 N–H and O–H groups in total. The third kappa shape index (κ3) is 5.04. The second-order valence-corrected chi connectivity index (χ2v) is 10.8. The van der Waals surface area contributed by atoms with Crippen molar-refractivity contribution in [2.75, 3.05) is 10.6 Å². The van der Waals surface area contributed by atoms with Crippen LogP contribution in [0.15, 0.2) is 48.8 Å². The van der Waals surface area contributed by atoms with Crippen molar-refractivity contribution in [3.63, 3.8) is 0 Å². The Hall–Kier alpha value is -3.68. The number of nitrogens with zero attached hydrogens (tertiary/aromatic N) is 5. The molecule has 0 saturated heterocycles. The molecule has 0 aliphatic heterocycles. The molecule has 0 bridgehead atoms. The number of benzene rings is 2. The summed E-state index contributed by atoms with van der Waals surface area (Å²) in [6.45, 7) is 0. The van der Waals surface area contributed by atoms with Crippen LogP contribution in [0.4, 0.5) is 15.8 Å². The van der Waals surface area contributed by atoms with Crippen LogP contribution in [0.3, 0.4) is 0 Å². The van der Waals surface area contributed by atoms with Crippen LogP contribution in [-0.2, 0) is 5.44 Å². The Morgan fingerprint density at radius 1 is 1.18 bits per heavy atom. The van der Waals surface area contributed by atoms with E-state index in [1.165, 1.54) is 18.3 Å². The molecule has 2 fully saturated rings. The number of nitriles is 1. The van der Waals surface area contributed by atoms with Crippen LogP contribution in [0, 0.1) is 17.1 Å². The number of hydrogen-bond donors (Lipinski definition) is 3. The van der Waals surface area contributed by atoms with Crippen molar-refractivity contribution < 1.29 is 9.50 Å². The predicted molar refractivity (Wildman–Crippen MR) is 148 cm³/mol. The number of aliphatic hydroxyl groups is 1. The number of aromatic nitrogens is 4. The van der Waals surface area contributed by atoms with Gasteiger partial charge >= 0.3 is 0 Å². The maximum atomic E-state index is 13.8. The first-order valence-corrected chi connectivity index (χ1v) is 13.4. The number of rotatable bonds is 7. The van der Waals surface area contributed by atoms with E-state index >= 15 is 0 Å². The zero-order valence-corrected chi connectivity index (χ0v) is 21.9. The zero-order chi connectivity index (χ0) is 27.1. The molecule has 2 radical (unpaired) electrons. The monoisotopic (exact) mass is 541 g/mol. The topological polar surface area (TPSA) is 112 Å². The highest BCUT2D eigenvalue weighted by atomic mass is 35.5. The van der Waals surface area contributed by atoms with Crippen LogP contribution in [0.5, 0.6) is 0 Å². The van der Waals surface area contributed by atoms with Crippen LogP contribution in [0.1, 0.15) is 61.4 Å². The lowest BCUT2D eigenvalue weighted by Crippen LogP contribution is -2.37. The lowest BCUT2D eigenvalue weighted by atomic mass is 9.69. The van der Waals surface area contributed by atoms with E-state index in [4.69, 9.17) is 19.4 Å². The Morgan fingerprint density at radius 3 is 2.69 bits per heavy atom. The van der Waals surface area contributed by atoms with Gasteiger partial charge in [-0.3, -0.25) is 4.98 Å². The molecule has 39 heavy (non-hydrogen) atoms. The minimum Gasteiger partial charge on any atom is -0.393 e. The summed E-state index contributed by atoms with van der Waals surface area (Å²) in [6, 6.07) is 12.0. The van der Waals surface area contributed by atoms with Gasteiger partial charge in [-0.2, -0.15) is 5.26 Å². The summed E-state index contributed by atoms with van der Waals surface area (Å²) >= 11 is 6.72. The van der Waals surface area contributed by atoms with E-state index in [2.05, 4.69) is 32.0 Å². The molecule has 2 aromatic heterocycles. The minimum atomic E-state index is -1.36. The standard InChI is InChI=1S/C28H26BClFN7O/c29-28(17-4-6-18(31)7-5-17,25-15-38(37-36-25)21-8-9-21)35-20-11-23-26(34-19-2-1-3-22(39)10-19)16(13-32)14-33-27(23)24(30)12-20/h4-7,11-12,14-15,19,21-22,35,39H,1-3,8-10H2,(H,33,34)/t19-,22+,28?/m0/s1. The predicted octanol–water partition coefficient (Wildman–Crippen LogP) is 5.02. The molecule has 2 aliphatic rings. The Kier molecular flexibility index (Phi) is 6.65. The molecular weight excluding hydrogens is 516 g/mol. The molecule has 3 atom stereocenters. The number of pyridine rings is 1. The van der Waals surface area contributed by atoms with Crippen molar-refractivity contribution in [3.05, 3.63) is 76.5 Å². The Bertz CT molecular complexity index is 1570. The fourth-order valence-electron chi connectivity index (χ4n) is 5.27. The molecule has 2 aliphatic carbocycles. The summed E-state index contributed by atoms with van der Waals surface area (Å²) in [7, 11) is 7.01. The fourth-order valence-corrected chi connectivity index (χ4v) is 5.54. The number of fused-ring (bicyclic) bond motifs is 1. The van der Waals surface area contributed by atoms with Crippen molar-refractivity contribution in [1.29, 1.82) is 5.26 Å². The van der Waals surface area contributed by atoms with Crippen LogP contribution in [-0.4, -0.2) is 45.1 Å². The lowest BCUT2D eigenvalue weighted by molar-refractivity contribution is 0.124. The van der Waals surface area contributed by atoms with E-state index in [0.29, 0.717) is 56.6 Å². The van der Waals surface area contributed by atoms with Gasteiger partial charge in [0.05, 0.1) is 45.6 Å². The van der Waals surface area contributed by atoms with Gasteiger partial charge in [0.2, 0.25) is 0 Å². The molecule has 0 amide bonds. The third-order valence-corrected chi connectivity index (χ3v) is 7.80. The largest absolute Gasteiger partial charge is 0.393 e. The van der Waals surface area contributed by atoms with Gasteiger partial charge in [-0.1, -0.05) is 28.9 Å². The van der Waals surface area contributed by atoms with Crippen LogP contribution >= 0.6 is 11.6 Å². The Balaban J connectivity index is 1.44. The van der Waals surface area contributed by atoms with Gasteiger partial charge in [-0.05, 0) is 68.4 Å². The van der Waals surface area contributed by atoms with Gasteiger partial charge < -0.3 is 15.7 Å². The molecule has 0 spiro atoms. The number of anilines is 2. The molecule has 1 unspecified atom stereocenters. The van der Waals surface area contributed by atoms with Gasteiger partial charge in [-0.15, -0.1) is 5.10 Å². The highest BCUT2D eigenvalue weighted by Gasteiger charge is 2.34. The highest BCUT2D eigenvalue weighted by Crippen LogP contribution is 2.39. The second-order valence-electron chi connectivity index (χ2n) is 10.4. The van der Waals surface area contributed by atoms with E-state index < -0.39 is 5.44 Å². The number of nitrogens with one attached hydrogen (secondary N) is 2. The summed E-state index contributed by atoms with van der Waals surface area (Å²) in [6.07, 6.45) is 8.14. The van der Waals surface area contributed by atoms with Gasteiger partial charge in [0.25, 0.3) is 0 Å². The quantitative estimate of drug-likeness (QED) is 0.282. The van der Waals surface area contributed by atoms with Gasteiger partial charge in [0.1, 0.15) is 25.4 Å². The van der Waals surface area contributed by atoms with Gasteiger partial charge in [0.15, 0.2) is 0 Å². The maximum absolute atomic E-state index is 13.8. The maximum Gasteiger partial charge on any atom is 0.123 e. The second kappa shape index (κ2) is 10.1. The van der Waals surface area contributed by atoms with Crippen molar-refractivity contribution in [2.24, 2.45) is 0 Å². The molecule has 2 saturated carbocycles. The zero-order valence-electron chi connectivity index (χ0n) is 21.1. The Labute approximate surface area is 231 Å². The lowest BCUT2D eigenvalue weighted by Gasteiger charge is -2.32. The van der Waals surface area contributed by atoms with E-state index in [1.54, 1.807) is 22.9 Å². The molecule has 2 heterocycles. The fraction of sp³-hybridized carbons (Fsp3) is 0.357. The summed E-state index contributed by atoms with van der Waals surface area (Å²) in [5.74, 6) is -0.380. The first kappa shape index (κ1) is 25.6. The Morgan fingerprint density at radius 2 is 1.97 bits per heavy atom. The number of aliphatic hydroxyl groups excluding tert-OH is 1. The van der Waals surface area contributed by atoms with E-state index in [1.807, 2.05) is 12.3 Å². The highest BCUT2D eigenvalue weighted by molar-refractivity contribution is 6.36. The average Bonchev–Trinajstić information content (AvgIpc) is 3.65. The molecule has 6 rings (SSSR count). The van der Waals surface area contributed by atoms with E-state index in [0.717, 1.165) is 32.1 Å². The summed E-state index contributed by atoms with van der Waals surface area (Å²) in [4.78, 5) is 4.44. The van der Waals surface area contributed by atoms with Crippen LogP contribution < -0.4 is 10.6 Å². The van der Waals surface area contributed by atoms with Gasteiger partial charge in [0, 0.05) is 23.3 Å². The summed E-state index contributed by atoms with van der Waals surface area (Å²) in [5.41, 5.74) is 1.77. The third-order valence-electron chi connectivity index (χ3n) is 7.52. The first-order valence-electron chi connectivity index (χ1n) is 13.1. The van der Waals surface area contributed by atoms with Crippen LogP contribution in [0.2, 0.25) is 5.02 Å². The van der Waals surface area contributed by atoms with Crippen molar-refractivity contribution in [1.82, 2.24) is 20.0 Å². The van der Waals surface area contributed by atoms with Gasteiger partial charge in [-0.25, -0.2) is 9.07 Å². The SMILES string of the molecule is [B]C(Nc1cc(Cl)c2ncc(C#N)c(N[C@H]3CCC[C@@H](O)C3)c2c1)(c1ccc(F)cc1)c1cn(C2CC2)nn1. The minimum absolute atomic E-state index is 0.00659. The normalized spacial score (nSPS) is 20.8. The smallest absolute Gasteiger partial charge is 0.123 e. The average molecular weight is 542 g/mol. The number of halogens is 2.